The van der Waals surface area contributed by atoms with Gasteiger partial charge < -0.3 is 4.52 Å². The van der Waals surface area contributed by atoms with E-state index in [0.29, 0.717) is 5.02 Å². The molecule has 1 aromatic heterocycles. The van der Waals surface area contributed by atoms with Crippen molar-refractivity contribution < 1.29 is 4.52 Å². The third-order valence-corrected chi connectivity index (χ3v) is 2.06. The minimum Gasteiger partial charge on any atom is -0.359 e. The molecule has 0 N–H and O–H groups in total. The van der Waals surface area contributed by atoms with Gasteiger partial charge in [0.15, 0.2) is 5.76 Å². The van der Waals surface area contributed by atoms with Crippen LogP contribution >= 0.6 is 27.5 Å². The van der Waals surface area contributed by atoms with E-state index in [-0.39, 0.29) is 0 Å². The van der Waals surface area contributed by atoms with E-state index in [0.717, 1.165) is 23.2 Å². The highest BCUT2D eigenvalue weighted by atomic mass is 79.9. The molecule has 0 unspecified atom stereocenters. The highest BCUT2D eigenvalue weighted by Crippen LogP contribution is 2.20. The van der Waals surface area contributed by atoms with Gasteiger partial charge in [0.1, 0.15) is 5.02 Å². The molecule has 4 heteroatoms. The summed E-state index contributed by atoms with van der Waals surface area (Å²) in [5, 5.41) is 5.21. The van der Waals surface area contributed by atoms with Crippen molar-refractivity contribution in [1.29, 1.82) is 0 Å². The van der Waals surface area contributed by atoms with E-state index in [1.807, 2.05) is 6.92 Å². The first kappa shape index (κ1) is 8.08. The zero-order chi connectivity index (χ0) is 7.56. The standard InChI is InChI=1S/C6H7BrClNO/c1-4-6(8)5(2-3-7)10-9-4/h2-3H2,1H3. The molecule has 0 spiro atoms. The van der Waals surface area contributed by atoms with E-state index in [9.17, 15) is 0 Å². The van der Waals surface area contributed by atoms with Crippen LogP contribution in [0.3, 0.4) is 0 Å². The molecule has 1 rings (SSSR count). The number of aromatic nitrogens is 1. The van der Waals surface area contributed by atoms with Gasteiger partial charge in [0.05, 0.1) is 5.69 Å². The van der Waals surface area contributed by atoms with E-state index in [1.165, 1.54) is 0 Å². The van der Waals surface area contributed by atoms with Crippen LogP contribution < -0.4 is 0 Å². The van der Waals surface area contributed by atoms with Crippen molar-refractivity contribution in [2.45, 2.75) is 13.3 Å². The summed E-state index contributed by atoms with van der Waals surface area (Å²) < 4.78 is 4.92. The topological polar surface area (TPSA) is 26.0 Å². The van der Waals surface area contributed by atoms with Crippen molar-refractivity contribution in [3.8, 4) is 0 Å². The van der Waals surface area contributed by atoms with Crippen LogP contribution in [0.5, 0.6) is 0 Å². The van der Waals surface area contributed by atoms with Crippen molar-refractivity contribution in [3.63, 3.8) is 0 Å². The molecule has 56 valence electrons. The van der Waals surface area contributed by atoms with E-state index >= 15 is 0 Å². The zero-order valence-electron chi connectivity index (χ0n) is 5.53. The summed E-state index contributed by atoms with van der Waals surface area (Å²) in [5.74, 6) is 0.760. The maximum atomic E-state index is 5.81. The second-order valence-corrected chi connectivity index (χ2v) is 3.12. The average Bonchev–Trinajstić information content (AvgIpc) is 2.20. The minimum absolute atomic E-state index is 0.652. The predicted molar refractivity (Wildman–Crippen MR) is 43.7 cm³/mol. The monoisotopic (exact) mass is 223 g/mol. The second-order valence-electron chi connectivity index (χ2n) is 1.94. The Bertz CT molecular complexity index is 224. The molecule has 0 saturated heterocycles. The molecule has 2 nitrogen and oxygen atoms in total. The largest absolute Gasteiger partial charge is 0.359 e. The fourth-order valence-electron chi connectivity index (χ4n) is 0.647. The number of nitrogens with zero attached hydrogens (tertiary/aromatic N) is 1. The molecule has 0 bridgehead atoms. The number of hydrogen-bond acceptors (Lipinski definition) is 2. The average molecular weight is 224 g/mol. The summed E-state index contributed by atoms with van der Waals surface area (Å²) in [6.07, 6.45) is 0.791. The Balaban J connectivity index is 2.83. The zero-order valence-corrected chi connectivity index (χ0v) is 7.87. The molecule has 0 aliphatic carbocycles. The van der Waals surface area contributed by atoms with E-state index in [2.05, 4.69) is 21.1 Å². The van der Waals surface area contributed by atoms with E-state index in [4.69, 9.17) is 16.1 Å². The van der Waals surface area contributed by atoms with Crippen LogP contribution in [-0.2, 0) is 6.42 Å². The lowest BCUT2D eigenvalue weighted by atomic mass is 10.3. The summed E-state index contributed by atoms with van der Waals surface area (Å²) in [6.45, 7) is 1.82. The first-order chi connectivity index (χ1) is 4.75. The van der Waals surface area contributed by atoms with Gasteiger partial charge in [-0.25, -0.2) is 0 Å². The lowest BCUT2D eigenvalue weighted by Gasteiger charge is -1.87. The third kappa shape index (κ3) is 1.52. The Labute approximate surface area is 72.7 Å². The van der Waals surface area contributed by atoms with Crippen LogP contribution in [0.2, 0.25) is 5.02 Å². The van der Waals surface area contributed by atoms with Crippen molar-refractivity contribution in [1.82, 2.24) is 5.16 Å². The highest BCUT2D eigenvalue weighted by molar-refractivity contribution is 9.09. The summed E-state index contributed by atoms with van der Waals surface area (Å²) in [4.78, 5) is 0. The summed E-state index contributed by atoms with van der Waals surface area (Å²) in [7, 11) is 0. The normalized spacial score (nSPS) is 10.3. The number of halogens is 2. The van der Waals surface area contributed by atoms with Gasteiger partial charge in [-0.15, -0.1) is 0 Å². The van der Waals surface area contributed by atoms with Gasteiger partial charge in [-0.1, -0.05) is 32.7 Å². The van der Waals surface area contributed by atoms with Crippen LogP contribution in [0.15, 0.2) is 4.52 Å². The van der Waals surface area contributed by atoms with Crippen molar-refractivity contribution >= 4 is 27.5 Å². The molecule has 0 aliphatic heterocycles. The molecule has 1 heterocycles. The second kappa shape index (κ2) is 3.39. The minimum atomic E-state index is 0.652. The number of rotatable bonds is 2. The van der Waals surface area contributed by atoms with Gasteiger partial charge in [0.25, 0.3) is 0 Å². The molecule has 0 radical (unpaired) electrons. The summed E-state index contributed by atoms with van der Waals surface area (Å²) >= 11 is 9.09. The van der Waals surface area contributed by atoms with Crippen LogP contribution in [-0.4, -0.2) is 10.5 Å². The lowest BCUT2D eigenvalue weighted by molar-refractivity contribution is 0.384. The van der Waals surface area contributed by atoms with Crippen molar-refractivity contribution in [2.24, 2.45) is 0 Å². The fourth-order valence-corrected chi connectivity index (χ4v) is 1.17. The quantitative estimate of drug-likeness (QED) is 0.722. The highest BCUT2D eigenvalue weighted by Gasteiger charge is 2.08. The number of aryl methyl sites for hydroxylation is 2. The third-order valence-electron chi connectivity index (χ3n) is 1.18. The van der Waals surface area contributed by atoms with Crippen LogP contribution in [0, 0.1) is 6.92 Å². The Morgan fingerprint density at radius 2 is 2.40 bits per heavy atom. The summed E-state index contributed by atoms with van der Waals surface area (Å²) in [5.41, 5.74) is 0.762. The SMILES string of the molecule is Cc1noc(CCBr)c1Cl. The van der Waals surface area contributed by atoms with Crippen molar-refractivity contribution in [2.75, 3.05) is 5.33 Å². The lowest BCUT2D eigenvalue weighted by Crippen LogP contribution is -1.81. The Morgan fingerprint density at radius 3 is 2.80 bits per heavy atom. The van der Waals surface area contributed by atoms with Gasteiger partial charge in [-0.2, -0.15) is 0 Å². The first-order valence-corrected chi connectivity index (χ1v) is 4.42. The maximum absolute atomic E-state index is 5.81. The molecule has 1 aromatic rings. The van der Waals surface area contributed by atoms with Crippen molar-refractivity contribution in [3.05, 3.63) is 16.5 Å². The Hall–Kier alpha value is -0.0200. The molecule has 0 atom stereocenters. The molecule has 0 aromatic carbocycles. The van der Waals surface area contributed by atoms with Crippen LogP contribution in [0.1, 0.15) is 11.5 Å². The molecule has 0 fully saturated rings. The van der Waals surface area contributed by atoms with Crippen LogP contribution in [0.4, 0.5) is 0 Å². The van der Waals surface area contributed by atoms with Gasteiger partial charge in [0, 0.05) is 11.8 Å². The smallest absolute Gasteiger partial charge is 0.156 e. The van der Waals surface area contributed by atoms with Gasteiger partial charge in [-0.3, -0.25) is 0 Å². The molecule has 0 amide bonds. The summed E-state index contributed by atoms with van der Waals surface area (Å²) in [6, 6.07) is 0. The molecule has 0 aliphatic rings. The maximum Gasteiger partial charge on any atom is 0.156 e. The van der Waals surface area contributed by atoms with E-state index in [1.54, 1.807) is 0 Å². The number of hydrogen-bond donors (Lipinski definition) is 0. The molecular weight excluding hydrogens is 217 g/mol. The van der Waals surface area contributed by atoms with Gasteiger partial charge in [0.2, 0.25) is 0 Å². The van der Waals surface area contributed by atoms with Crippen LogP contribution in [0.25, 0.3) is 0 Å². The van der Waals surface area contributed by atoms with Gasteiger partial charge >= 0.3 is 0 Å². The molecular formula is C6H7BrClNO. The molecule has 10 heavy (non-hydrogen) atoms. The van der Waals surface area contributed by atoms with Gasteiger partial charge in [-0.05, 0) is 6.92 Å². The predicted octanol–water partition coefficient (Wildman–Crippen LogP) is 2.57. The van der Waals surface area contributed by atoms with E-state index < -0.39 is 0 Å². The fraction of sp³-hybridized carbons (Fsp3) is 0.500. The molecule has 0 saturated carbocycles. The Kier molecular flexibility index (Phi) is 2.74. The first-order valence-electron chi connectivity index (χ1n) is 2.92. The number of alkyl halides is 1. The Morgan fingerprint density at radius 1 is 1.70 bits per heavy atom.